The van der Waals surface area contributed by atoms with Gasteiger partial charge >= 0.3 is 0 Å². The second-order valence-electron chi connectivity index (χ2n) is 6.26. The Bertz CT molecular complexity index is 1140. The fourth-order valence-corrected chi connectivity index (χ4v) is 3.97. The molecule has 3 aromatic rings. The van der Waals surface area contributed by atoms with Crippen molar-refractivity contribution in [3.05, 3.63) is 54.4 Å². The smallest absolute Gasteiger partial charge is 0.265 e. The Balaban J connectivity index is 1.53. The zero-order chi connectivity index (χ0) is 20.4. The zero-order valence-electron chi connectivity index (χ0n) is 15.5. The van der Waals surface area contributed by atoms with Crippen molar-refractivity contribution >= 4 is 21.6 Å². The number of nitrogens with zero attached hydrogens (tertiary/aromatic N) is 3. The van der Waals surface area contributed by atoms with Gasteiger partial charge in [0.1, 0.15) is 5.75 Å². The number of aromatic nitrogens is 2. The van der Waals surface area contributed by atoms with Crippen molar-refractivity contribution in [2.75, 3.05) is 18.1 Å². The van der Waals surface area contributed by atoms with E-state index < -0.39 is 10.0 Å². The molecule has 0 unspecified atom stereocenters. The first-order chi connectivity index (χ1) is 14.0. The molecule has 29 heavy (non-hydrogen) atoms. The Kier molecular flexibility index (Phi) is 5.03. The Morgan fingerprint density at radius 2 is 1.97 bits per heavy atom. The molecular weight excluding hydrogens is 396 g/mol. The van der Waals surface area contributed by atoms with E-state index in [2.05, 4.69) is 14.9 Å². The molecular formula is C19H18N4O5S. The Morgan fingerprint density at radius 1 is 1.17 bits per heavy atom. The molecule has 0 saturated carbocycles. The number of amides is 1. The molecule has 2 heterocycles. The predicted octanol–water partition coefficient (Wildman–Crippen LogP) is 1.96. The highest BCUT2D eigenvalue weighted by Gasteiger charge is 2.25. The number of nitrogens with one attached hydrogen (secondary N) is 1. The summed E-state index contributed by atoms with van der Waals surface area (Å²) >= 11 is 0. The number of hydrogen-bond acceptors (Lipinski definition) is 7. The first kappa shape index (κ1) is 19.1. The van der Waals surface area contributed by atoms with Gasteiger partial charge in [-0.2, -0.15) is 4.98 Å². The lowest BCUT2D eigenvalue weighted by atomic mass is 10.1. The number of fused-ring (bicyclic) bond motifs is 1. The van der Waals surface area contributed by atoms with Crippen LogP contribution >= 0.6 is 0 Å². The first-order valence-electron chi connectivity index (χ1n) is 8.93. The van der Waals surface area contributed by atoms with E-state index in [9.17, 15) is 13.2 Å². The Labute approximate surface area is 167 Å². The zero-order valence-corrected chi connectivity index (χ0v) is 16.3. The summed E-state index contributed by atoms with van der Waals surface area (Å²) < 4.78 is 37.6. The number of hydrogen-bond donors (Lipinski definition) is 1. The van der Waals surface area contributed by atoms with Crippen LogP contribution in [0, 0.1) is 0 Å². The van der Waals surface area contributed by atoms with Crippen LogP contribution in [0.2, 0.25) is 0 Å². The van der Waals surface area contributed by atoms with E-state index in [0.29, 0.717) is 23.5 Å². The highest BCUT2D eigenvalue weighted by atomic mass is 32.2. The molecule has 0 spiro atoms. The lowest BCUT2D eigenvalue weighted by Crippen LogP contribution is -2.38. The number of carbonyl (C=O) groups excluding carboxylic acids is 1. The summed E-state index contributed by atoms with van der Waals surface area (Å²) in [6, 6.07) is 13.3. The fourth-order valence-electron chi connectivity index (χ4n) is 2.97. The highest BCUT2D eigenvalue weighted by molar-refractivity contribution is 7.89. The SMILES string of the molecule is CCN1C(=O)COc2ccc(-c3noc(CNS(=O)(=O)c4ccccc4)n3)cc21. The number of sulfonamides is 1. The average Bonchev–Trinajstić information content (AvgIpc) is 3.22. The topological polar surface area (TPSA) is 115 Å². The average molecular weight is 414 g/mol. The van der Waals surface area contributed by atoms with Crippen LogP contribution in [-0.2, 0) is 21.4 Å². The van der Waals surface area contributed by atoms with Gasteiger partial charge in [0.05, 0.1) is 17.1 Å². The van der Waals surface area contributed by atoms with Crippen molar-refractivity contribution in [1.82, 2.24) is 14.9 Å². The van der Waals surface area contributed by atoms with Crippen molar-refractivity contribution in [2.45, 2.75) is 18.4 Å². The summed E-state index contributed by atoms with van der Waals surface area (Å²) in [6.45, 7) is 2.26. The first-order valence-corrected chi connectivity index (χ1v) is 10.4. The quantitative estimate of drug-likeness (QED) is 0.656. The molecule has 0 atom stereocenters. The largest absolute Gasteiger partial charge is 0.482 e. The van der Waals surface area contributed by atoms with E-state index in [0.717, 1.165) is 0 Å². The number of likely N-dealkylation sites (N-methyl/N-ethyl adjacent to an activating group) is 1. The molecule has 1 N–H and O–H groups in total. The van der Waals surface area contributed by atoms with E-state index in [1.807, 2.05) is 6.92 Å². The molecule has 9 nitrogen and oxygen atoms in total. The van der Waals surface area contributed by atoms with Gasteiger partial charge in [0, 0.05) is 12.1 Å². The summed E-state index contributed by atoms with van der Waals surface area (Å²) in [7, 11) is -3.68. The van der Waals surface area contributed by atoms with Crippen LogP contribution in [-0.4, -0.2) is 37.6 Å². The van der Waals surface area contributed by atoms with E-state index in [4.69, 9.17) is 9.26 Å². The van der Waals surface area contributed by atoms with Crippen molar-refractivity contribution in [3.8, 4) is 17.1 Å². The molecule has 1 aromatic heterocycles. The molecule has 1 aliphatic rings. The van der Waals surface area contributed by atoms with E-state index in [-0.39, 0.29) is 35.7 Å². The third kappa shape index (κ3) is 3.84. The number of benzene rings is 2. The number of rotatable bonds is 6. The number of anilines is 1. The second-order valence-corrected chi connectivity index (χ2v) is 8.03. The van der Waals surface area contributed by atoms with Crippen LogP contribution in [0.15, 0.2) is 57.9 Å². The van der Waals surface area contributed by atoms with Crippen LogP contribution in [0.4, 0.5) is 5.69 Å². The molecule has 0 aliphatic carbocycles. The van der Waals surface area contributed by atoms with Crippen LogP contribution in [0.1, 0.15) is 12.8 Å². The normalized spacial score (nSPS) is 13.8. The van der Waals surface area contributed by atoms with Crippen LogP contribution < -0.4 is 14.4 Å². The highest BCUT2D eigenvalue weighted by Crippen LogP contribution is 2.35. The number of carbonyl (C=O) groups is 1. The van der Waals surface area contributed by atoms with Crippen LogP contribution in [0.25, 0.3) is 11.4 Å². The molecule has 10 heteroatoms. The molecule has 1 amide bonds. The third-order valence-electron chi connectivity index (χ3n) is 4.41. The molecule has 1 aliphatic heterocycles. The van der Waals surface area contributed by atoms with Gasteiger partial charge in [0.2, 0.25) is 21.7 Å². The standard InChI is InChI=1S/C19H18N4O5S/c1-2-23-15-10-13(8-9-16(15)27-12-18(23)24)19-21-17(28-22-19)11-20-29(25,26)14-6-4-3-5-7-14/h3-10,20H,2,11-12H2,1H3. The number of ether oxygens (including phenoxy) is 1. The fraction of sp³-hybridized carbons (Fsp3) is 0.211. The molecule has 0 saturated heterocycles. The maximum absolute atomic E-state index is 12.3. The predicted molar refractivity (Wildman–Crippen MR) is 104 cm³/mol. The summed E-state index contributed by atoms with van der Waals surface area (Å²) in [5.74, 6) is 0.892. The van der Waals surface area contributed by atoms with Crippen molar-refractivity contribution in [3.63, 3.8) is 0 Å². The van der Waals surface area contributed by atoms with Gasteiger partial charge in [-0.05, 0) is 37.3 Å². The van der Waals surface area contributed by atoms with Crippen LogP contribution in [0.3, 0.4) is 0 Å². The Hall–Kier alpha value is -3.24. The summed E-state index contributed by atoms with van der Waals surface area (Å²) in [4.78, 5) is 18.0. The van der Waals surface area contributed by atoms with Crippen LogP contribution in [0.5, 0.6) is 5.75 Å². The Morgan fingerprint density at radius 3 is 2.72 bits per heavy atom. The molecule has 150 valence electrons. The minimum atomic E-state index is -3.68. The van der Waals surface area contributed by atoms with Gasteiger partial charge in [-0.25, -0.2) is 13.1 Å². The molecule has 2 aromatic carbocycles. The van der Waals surface area contributed by atoms with E-state index in [1.54, 1.807) is 41.3 Å². The molecule has 4 rings (SSSR count). The van der Waals surface area contributed by atoms with Gasteiger partial charge < -0.3 is 14.2 Å². The monoisotopic (exact) mass is 414 g/mol. The maximum atomic E-state index is 12.3. The third-order valence-corrected chi connectivity index (χ3v) is 5.83. The molecule has 0 radical (unpaired) electrons. The minimum absolute atomic E-state index is 0.00804. The lowest BCUT2D eigenvalue weighted by molar-refractivity contribution is -0.121. The minimum Gasteiger partial charge on any atom is -0.482 e. The van der Waals surface area contributed by atoms with Crippen molar-refractivity contribution in [2.24, 2.45) is 0 Å². The van der Waals surface area contributed by atoms with Gasteiger partial charge in [-0.15, -0.1) is 0 Å². The van der Waals surface area contributed by atoms with Crippen molar-refractivity contribution < 1.29 is 22.5 Å². The van der Waals surface area contributed by atoms with Crippen molar-refractivity contribution in [1.29, 1.82) is 0 Å². The molecule has 0 fully saturated rings. The van der Waals surface area contributed by atoms with Gasteiger partial charge in [0.15, 0.2) is 6.61 Å². The van der Waals surface area contributed by atoms with E-state index in [1.165, 1.54) is 12.1 Å². The van der Waals surface area contributed by atoms with Gasteiger partial charge in [-0.1, -0.05) is 23.4 Å². The van der Waals surface area contributed by atoms with Gasteiger partial charge in [-0.3, -0.25) is 4.79 Å². The summed E-state index contributed by atoms with van der Waals surface area (Å²) in [6.07, 6.45) is 0. The second kappa shape index (κ2) is 7.64. The molecule has 0 bridgehead atoms. The van der Waals surface area contributed by atoms with Gasteiger partial charge in [0.25, 0.3) is 5.91 Å². The summed E-state index contributed by atoms with van der Waals surface area (Å²) in [5, 5.41) is 3.91. The lowest BCUT2D eigenvalue weighted by Gasteiger charge is -2.28. The van der Waals surface area contributed by atoms with E-state index >= 15 is 0 Å². The maximum Gasteiger partial charge on any atom is 0.265 e. The summed E-state index contributed by atoms with van der Waals surface area (Å²) in [5.41, 5.74) is 1.26.